The fourth-order valence-corrected chi connectivity index (χ4v) is 3.14. The van der Waals surface area contributed by atoms with E-state index in [0.717, 1.165) is 22.4 Å². The van der Waals surface area contributed by atoms with Crippen LogP contribution in [0.5, 0.6) is 5.75 Å². The van der Waals surface area contributed by atoms with Gasteiger partial charge in [0.05, 0.1) is 12.6 Å². The molecule has 2 N–H and O–H groups in total. The molecule has 0 heterocycles. The van der Waals surface area contributed by atoms with Crippen LogP contribution in [0, 0.1) is 0 Å². The summed E-state index contributed by atoms with van der Waals surface area (Å²) in [6.45, 7) is 4.47. The van der Waals surface area contributed by atoms with Crippen LogP contribution in [-0.2, 0) is 11.3 Å². The maximum atomic E-state index is 12.9. The van der Waals surface area contributed by atoms with E-state index in [-0.39, 0.29) is 17.9 Å². The Morgan fingerprint density at radius 1 is 0.867 bits per heavy atom. The lowest BCUT2D eigenvalue weighted by Crippen LogP contribution is -2.29. The maximum absolute atomic E-state index is 12.9. The third-order valence-electron chi connectivity index (χ3n) is 4.69. The number of rotatable bonds is 8. The van der Waals surface area contributed by atoms with Gasteiger partial charge in [-0.15, -0.1) is 0 Å². The predicted octanol–water partition coefficient (Wildman–Crippen LogP) is 4.24. The van der Waals surface area contributed by atoms with Crippen LogP contribution in [0.2, 0.25) is 0 Å². The van der Waals surface area contributed by atoms with Gasteiger partial charge in [0.1, 0.15) is 5.75 Å². The number of hydrogen-bond donors (Lipinski definition) is 2. The lowest BCUT2D eigenvalue weighted by molar-refractivity contribution is -0.119. The highest BCUT2D eigenvalue weighted by atomic mass is 16.5. The number of benzene rings is 3. The number of hydrogen-bond acceptors (Lipinski definition) is 3. The Morgan fingerprint density at radius 2 is 1.50 bits per heavy atom. The van der Waals surface area contributed by atoms with E-state index in [1.165, 1.54) is 6.92 Å². The monoisotopic (exact) mass is 402 g/mol. The van der Waals surface area contributed by atoms with Crippen molar-refractivity contribution in [3.63, 3.8) is 0 Å². The fraction of sp³-hybridized carbons (Fsp3) is 0.200. The van der Waals surface area contributed by atoms with E-state index in [4.69, 9.17) is 4.74 Å². The highest BCUT2D eigenvalue weighted by Crippen LogP contribution is 2.25. The Balaban J connectivity index is 1.79. The summed E-state index contributed by atoms with van der Waals surface area (Å²) < 4.78 is 5.53. The topological polar surface area (TPSA) is 67.4 Å². The Kier molecular flexibility index (Phi) is 7.22. The molecular weight excluding hydrogens is 376 g/mol. The smallest absolute Gasteiger partial charge is 0.252 e. The summed E-state index contributed by atoms with van der Waals surface area (Å²) >= 11 is 0. The van der Waals surface area contributed by atoms with Gasteiger partial charge in [-0.25, -0.2) is 0 Å². The lowest BCUT2D eigenvalue weighted by Gasteiger charge is -2.20. The normalized spacial score (nSPS) is 11.4. The van der Waals surface area contributed by atoms with Crippen molar-refractivity contribution in [1.29, 1.82) is 0 Å². The zero-order valence-electron chi connectivity index (χ0n) is 17.2. The minimum absolute atomic E-state index is 0.0853. The molecule has 5 nitrogen and oxygen atoms in total. The van der Waals surface area contributed by atoms with Crippen LogP contribution in [0.15, 0.2) is 78.9 Å². The standard InChI is InChI=1S/C25H26N2O3/c1-3-30-23-15-13-21(14-16-23)24(20-7-5-4-6-8-20)27-25(29)22-11-9-19(10-12-22)17-26-18(2)28/h4-16,24H,3,17H2,1-2H3,(H,26,28)(H,27,29)/t24-/m1/s1. The molecule has 5 heteroatoms. The first-order valence-corrected chi connectivity index (χ1v) is 9.98. The highest BCUT2D eigenvalue weighted by molar-refractivity contribution is 5.94. The first kappa shape index (κ1) is 21.1. The summed E-state index contributed by atoms with van der Waals surface area (Å²) in [5.74, 6) is 0.552. The third-order valence-corrected chi connectivity index (χ3v) is 4.69. The fourth-order valence-electron chi connectivity index (χ4n) is 3.14. The highest BCUT2D eigenvalue weighted by Gasteiger charge is 2.18. The van der Waals surface area contributed by atoms with Crippen LogP contribution in [-0.4, -0.2) is 18.4 Å². The minimum atomic E-state index is -0.284. The van der Waals surface area contributed by atoms with Gasteiger partial charge in [0, 0.05) is 19.0 Å². The molecular formula is C25H26N2O3. The van der Waals surface area contributed by atoms with Gasteiger partial charge in [0.2, 0.25) is 5.91 Å². The van der Waals surface area contributed by atoms with E-state index >= 15 is 0 Å². The van der Waals surface area contributed by atoms with E-state index in [1.807, 2.05) is 73.7 Å². The number of ether oxygens (including phenoxy) is 1. The summed E-state index contributed by atoms with van der Waals surface area (Å²) in [7, 11) is 0. The Hall–Kier alpha value is -3.60. The SMILES string of the molecule is CCOc1ccc([C@H](NC(=O)c2ccc(CNC(C)=O)cc2)c2ccccc2)cc1. The van der Waals surface area contributed by atoms with E-state index in [9.17, 15) is 9.59 Å². The third kappa shape index (κ3) is 5.70. The van der Waals surface area contributed by atoms with Crippen molar-refractivity contribution >= 4 is 11.8 Å². The van der Waals surface area contributed by atoms with Crippen LogP contribution in [0.25, 0.3) is 0 Å². The van der Waals surface area contributed by atoms with Crippen molar-refractivity contribution in [2.45, 2.75) is 26.4 Å². The Labute approximate surface area is 177 Å². The quantitative estimate of drug-likeness (QED) is 0.592. The van der Waals surface area contributed by atoms with Gasteiger partial charge < -0.3 is 15.4 Å². The molecule has 3 aromatic carbocycles. The van der Waals surface area contributed by atoms with E-state index in [1.54, 1.807) is 12.1 Å². The molecule has 30 heavy (non-hydrogen) atoms. The molecule has 1 atom stereocenters. The van der Waals surface area contributed by atoms with E-state index < -0.39 is 0 Å². The largest absolute Gasteiger partial charge is 0.494 e. The molecule has 0 aliphatic carbocycles. The summed E-state index contributed by atoms with van der Waals surface area (Å²) in [5, 5.41) is 5.89. The van der Waals surface area contributed by atoms with Crippen molar-refractivity contribution in [2.24, 2.45) is 0 Å². The summed E-state index contributed by atoms with van der Waals surface area (Å²) in [5.41, 5.74) is 3.47. The van der Waals surface area contributed by atoms with Crippen molar-refractivity contribution in [3.8, 4) is 5.75 Å². The zero-order valence-corrected chi connectivity index (χ0v) is 17.2. The first-order chi connectivity index (χ1) is 14.6. The number of amides is 2. The van der Waals surface area contributed by atoms with Gasteiger partial charge in [-0.2, -0.15) is 0 Å². The first-order valence-electron chi connectivity index (χ1n) is 9.98. The molecule has 0 unspecified atom stereocenters. The van der Waals surface area contributed by atoms with Crippen molar-refractivity contribution in [3.05, 3.63) is 101 Å². The van der Waals surface area contributed by atoms with Crippen molar-refractivity contribution in [2.75, 3.05) is 6.61 Å². The minimum Gasteiger partial charge on any atom is -0.494 e. The van der Waals surface area contributed by atoms with Gasteiger partial charge in [0.25, 0.3) is 5.91 Å². The Bertz CT molecular complexity index is 968. The second kappa shape index (κ2) is 10.3. The van der Waals surface area contributed by atoms with Crippen LogP contribution in [0.4, 0.5) is 0 Å². The molecule has 3 rings (SSSR count). The molecule has 0 aliphatic heterocycles. The van der Waals surface area contributed by atoms with E-state index in [2.05, 4.69) is 10.6 Å². The molecule has 3 aromatic rings. The second-order valence-corrected chi connectivity index (χ2v) is 6.93. The van der Waals surface area contributed by atoms with Gasteiger partial charge in [-0.05, 0) is 47.9 Å². The average molecular weight is 402 g/mol. The van der Waals surface area contributed by atoms with Crippen LogP contribution in [0.3, 0.4) is 0 Å². The summed E-state index contributed by atoms with van der Waals surface area (Å²) in [6.07, 6.45) is 0. The number of carbonyl (C=O) groups excluding carboxylic acids is 2. The molecule has 0 fully saturated rings. The van der Waals surface area contributed by atoms with Crippen LogP contribution >= 0.6 is 0 Å². The van der Waals surface area contributed by atoms with Gasteiger partial charge in [0.15, 0.2) is 0 Å². The number of nitrogens with one attached hydrogen (secondary N) is 2. The van der Waals surface area contributed by atoms with Crippen LogP contribution in [0.1, 0.15) is 46.9 Å². The Morgan fingerprint density at radius 3 is 2.10 bits per heavy atom. The zero-order chi connectivity index (χ0) is 21.3. The predicted molar refractivity (Wildman–Crippen MR) is 117 cm³/mol. The maximum Gasteiger partial charge on any atom is 0.252 e. The molecule has 0 aromatic heterocycles. The van der Waals surface area contributed by atoms with Crippen molar-refractivity contribution in [1.82, 2.24) is 10.6 Å². The van der Waals surface area contributed by atoms with Gasteiger partial charge >= 0.3 is 0 Å². The summed E-state index contributed by atoms with van der Waals surface area (Å²) in [4.78, 5) is 24.0. The number of carbonyl (C=O) groups is 2. The van der Waals surface area contributed by atoms with Crippen LogP contribution < -0.4 is 15.4 Å². The molecule has 0 saturated heterocycles. The molecule has 0 aliphatic rings. The molecule has 0 spiro atoms. The molecule has 154 valence electrons. The molecule has 2 amide bonds. The lowest BCUT2D eigenvalue weighted by atomic mass is 9.98. The second-order valence-electron chi connectivity index (χ2n) is 6.93. The molecule has 0 bridgehead atoms. The van der Waals surface area contributed by atoms with Gasteiger partial charge in [-0.3, -0.25) is 9.59 Å². The molecule has 0 saturated carbocycles. The van der Waals surface area contributed by atoms with Crippen molar-refractivity contribution < 1.29 is 14.3 Å². The summed E-state index contributed by atoms with van der Waals surface area (Å²) in [6, 6.07) is 24.6. The van der Waals surface area contributed by atoms with Gasteiger partial charge in [-0.1, -0.05) is 54.6 Å². The molecule has 0 radical (unpaired) electrons. The average Bonchev–Trinajstić information content (AvgIpc) is 2.78. The van der Waals surface area contributed by atoms with E-state index in [0.29, 0.717) is 18.7 Å².